The van der Waals surface area contributed by atoms with Gasteiger partial charge in [-0.3, -0.25) is 14.6 Å². The molecule has 1 aromatic carbocycles. The molecule has 0 spiro atoms. The maximum absolute atomic E-state index is 12.9. The predicted molar refractivity (Wildman–Crippen MR) is 103 cm³/mol. The number of nitrogens with zero attached hydrogens (tertiary/aromatic N) is 3. The molecule has 1 amide bonds. The molecule has 4 nitrogen and oxygen atoms in total. The highest BCUT2D eigenvalue weighted by Crippen LogP contribution is 2.32. The number of benzene rings is 1. The summed E-state index contributed by atoms with van der Waals surface area (Å²) in [4.78, 5) is 19.8. The number of hydrogen-bond acceptors (Lipinski definition) is 3. The minimum atomic E-state index is 0.309. The number of amides is 1. The van der Waals surface area contributed by atoms with E-state index in [0.717, 1.165) is 52.0 Å². The van der Waals surface area contributed by atoms with Crippen molar-refractivity contribution in [1.82, 2.24) is 14.7 Å². The number of fused-ring (bicyclic) bond motifs is 1. The molecule has 2 heterocycles. The first-order valence-corrected chi connectivity index (χ1v) is 9.93. The second-order valence-corrected chi connectivity index (χ2v) is 7.73. The average Bonchev–Trinajstić information content (AvgIpc) is 2.63. The molecule has 0 saturated carbocycles. The first-order valence-electron chi connectivity index (χ1n) is 9.93. The number of rotatable bonds is 5. The molecule has 138 valence electrons. The third kappa shape index (κ3) is 4.24. The molecule has 2 aliphatic heterocycles. The van der Waals surface area contributed by atoms with Gasteiger partial charge in [0.25, 0.3) is 0 Å². The molecule has 1 atom stereocenters. The second-order valence-electron chi connectivity index (χ2n) is 7.73. The summed E-state index contributed by atoms with van der Waals surface area (Å²) < 4.78 is 0. The van der Waals surface area contributed by atoms with Gasteiger partial charge in [-0.1, -0.05) is 37.6 Å². The van der Waals surface area contributed by atoms with Crippen LogP contribution >= 0.6 is 0 Å². The molecule has 0 aliphatic carbocycles. The first kappa shape index (κ1) is 18.4. The first-order chi connectivity index (χ1) is 12.1. The molecule has 3 rings (SSSR count). The third-order valence-electron chi connectivity index (χ3n) is 5.82. The molecular weight excluding hydrogens is 310 g/mol. The van der Waals surface area contributed by atoms with Gasteiger partial charge in [0.2, 0.25) is 5.91 Å². The van der Waals surface area contributed by atoms with E-state index < -0.39 is 0 Å². The Morgan fingerprint density at radius 2 is 1.84 bits per heavy atom. The van der Waals surface area contributed by atoms with Crippen molar-refractivity contribution in [2.24, 2.45) is 0 Å². The zero-order valence-corrected chi connectivity index (χ0v) is 16.1. The van der Waals surface area contributed by atoms with Gasteiger partial charge in [-0.2, -0.15) is 0 Å². The number of hydrogen-bond donors (Lipinski definition) is 0. The van der Waals surface area contributed by atoms with Crippen molar-refractivity contribution in [2.45, 2.75) is 52.1 Å². The van der Waals surface area contributed by atoms with Crippen LogP contribution in [-0.2, 0) is 11.2 Å². The van der Waals surface area contributed by atoms with Gasteiger partial charge in [0.05, 0.1) is 6.54 Å². The average molecular weight is 344 g/mol. The van der Waals surface area contributed by atoms with E-state index >= 15 is 0 Å². The topological polar surface area (TPSA) is 26.8 Å². The van der Waals surface area contributed by atoms with E-state index in [-0.39, 0.29) is 0 Å². The van der Waals surface area contributed by atoms with Crippen LogP contribution in [-0.4, -0.2) is 65.9 Å². The summed E-state index contributed by atoms with van der Waals surface area (Å²) in [6, 6.07) is 9.76. The molecule has 1 fully saturated rings. The summed E-state index contributed by atoms with van der Waals surface area (Å²) in [6.07, 6.45) is 3.34. The maximum atomic E-state index is 12.9. The number of piperazine rings is 1. The van der Waals surface area contributed by atoms with Gasteiger partial charge in [0.15, 0.2) is 0 Å². The van der Waals surface area contributed by atoms with Crippen LogP contribution in [0.1, 0.15) is 50.8 Å². The van der Waals surface area contributed by atoms with Gasteiger partial charge in [0.1, 0.15) is 0 Å². The van der Waals surface area contributed by atoms with Crippen molar-refractivity contribution in [2.75, 3.05) is 39.3 Å². The number of carbonyl (C=O) groups excluding carboxylic acids is 1. The lowest BCUT2D eigenvalue weighted by atomic mass is 9.90. The summed E-state index contributed by atoms with van der Waals surface area (Å²) >= 11 is 0. The van der Waals surface area contributed by atoms with Crippen molar-refractivity contribution < 1.29 is 4.79 Å². The van der Waals surface area contributed by atoms with Crippen LogP contribution in [0.3, 0.4) is 0 Å². The molecule has 0 aromatic heterocycles. The Morgan fingerprint density at radius 1 is 1.12 bits per heavy atom. The van der Waals surface area contributed by atoms with Crippen LogP contribution in [0.2, 0.25) is 0 Å². The molecule has 4 heteroatoms. The quantitative estimate of drug-likeness (QED) is 0.822. The Kier molecular flexibility index (Phi) is 6.13. The van der Waals surface area contributed by atoms with E-state index in [1.54, 1.807) is 0 Å². The van der Waals surface area contributed by atoms with Gasteiger partial charge in [0, 0.05) is 44.8 Å². The summed E-state index contributed by atoms with van der Waals surface area (Å²) in [5.41, 5.74) is 2.91. The van der Waals surface area contributed by atoms with Crippen LogP contribution in [0.5, 0.6) is 0 Å². The molecule has 1 unspecified atom stereocenters. The summed E-state index contributed by atoms with van der Waals surface area (Å²) in [5, 5.41) is 0. The third-order valence-corrected chi connectivity index (χ3v) is 5.82. The fraction of sp³-hybridized carbons (Fsp3) is 0.667. The van der Waals surface area contributed by atoms with Crippen molar-refractivity contribution in [1.29, 1.82) is 0 Å². The molecule has 1 saturated heterocycles. The predicted octanol–water partition coefficient (Wildman–Crippen LogP) is 2.94. The highest BCUT2D eigenvalue weighted by atomic mass is 16.2. The van der Waals surface area contributed by atoms with E-state index in [4.69, 9.17) is 0 Å². The molecule has 1 aromatic rings. The van der Waals surface area contributed by atoms with E-state index in [1.807, 2.05) is 0 Å². The second kappa shape index (κ2) is 8.33. The SMILES string of the molecule is CCCC1c2ccccc2CCN1CC(=O)N1CCN(C(C)C)CC1. The Hall–Kier alpha value is -1.39. The van der Waals surface area contributed by atoms with E-state index in [2.05, 4.69) is 59.7 Å². The molecular formula is C21H33N3O. The van der Waals surface area contributed by atoms with Crippen LogP contribution in [0.4, 0.5) is 0 Å². The largest absolute Gasteiger partial charge is 0.339 e. The van der Waals surface area contributed by atoms with E-state index in [0.29, 0.717) is 24.5 Å². The molecule has 0 radical (unpaired) electrons. The molecule has 2 aliphatic rings. The zero-order valence-electron chi connectivity index (χ0n) is 16.1. The van der Waals surface area contributed by atoms with Gasteiger partial charge in [-0.15, -0.1) is 0 Å². The fourth-order valence-corrected chi connectivity index (χ4v) is 4.27. The van der Waals surface area contributed by atoms with Gasteiger partial charge in [-0.05, 0) is 37.8 Å². The zero-order chi connectivity index (χ0) is 17.8. The van der Waals surface area contributed by atoms with Crippen LogP contribution in [0, 0.1) is 0 Å². The van der Waals surface area contributed by atoms with Gasteiger partial charge in [-0.25, -0.2) is 0 Å². The fourth-order valence-electron chi connectivity index (χ4n) is 4.27. The lowest BCUT2D eigenvalue weighted by Crippen LogP contribution is -2.53. The summed E-state index contributed by atoms with van der Waals surface area (Å²) in [6.45, 7) is 12.0. The van der Waals surface area contributed by atoms with E-state index in [9.17, 15) is 4.79 Å². The summed E-state index contributed by atoms with van der Waals surface area (Å²) in [7, 11) is 0. The highest BCUT2D eigenvalue weighted by molar-refractivity contribution is 5.78. The maximum Gasteiger partial charge on any atom is 0.236 e. The Bertz CT molecular complexity index is 578. The van der Waals surface area contributed by atoms with Crippen molar-refractivity contribution in [3.63, 3.8) is 0 Å². The lowest BCUT2D eigenvalue weighted by Gasteiger charge is -2.40. The smallest absolute Gasteiger partial charge is 0.236 e. The van der Waals surface area contributed by atoms with E-state index in [1.165, 1.54) is 11.1 Å². The number of carbonyl (C=O) groups is 1. The Balaban J connectivity index is 1.63. The van der Waals surface area contributed by atoms with Crippen molar-refractivity contribution >= 4 is 5.91 Å². The Labute approximate surface area is 152 Å². The minimum absolute atomic E-state index is 0.309. The minimum Gasteiger partial charge on any atom is -0.339 e. The van der Waals surface area contributed by atoms with Gasteiger partial charge >= 0.3 is 0 Å². The lowest BCUT2D eigenvalue weighted by molar-refractivity contribution is -0.135. The van der Waals surface area contributed by atoms with Crippen LogP contribution in [0.25, 0.3) is 0 Å². The standard InChI is InChI=1S/C21H33N3O/c1-4-7-20-19-9-6-5-8-18(19)10-11-24(20)16-21(25)23-14-12-22(13-15-23)17(2)3/h5-6,8-9,17,20H,4,7,10-16H2,1-3H3. The van der Waals surface area contributed by atoms with Crippen molar-refractivity contribution in [3.05, 3.63) is 35.4 Å². The molecule has 25 heavy (non-hydrogen) atoms. The molecule has 0 bridgehead atoms. The highest BCUT2D eigenvalue weighted by Gasteiger charge is 2.30. The summed E-state index contributed by atoms with van der Waals surface area (Å²) in [5.74, 6) is 0.309. The van der Waals surface area contributed by atoms with Crippen LogP contribution < -0.4 is 0 Å². The van der Waals surface area contributed by atoms with Gasteiger partial charge < -0.3 is 4.90 Å². The Morgan fingerprint density at radius 3 is 2.52 bits per heavy atom. The monoisotopic (exact) mass is 343 g/mol. The normalized spacial score (nSPS) is 22.2. The van der Waals surface area contributed by atoms with Crippen molar-refractivity contribution in [3.8, 4) is 0 Å². The molecule has 0 N–H and O–H groups in total. The van der Waals surface area contributed by atoms with Crippen LogP contribution in [0.15, 0.2) is 24.3 Å².